The Bertz CT molecular complexity index is 160. The van der Waals surface area contributed by atoms with Crippen LogP contribution in [-0.2, 0) is 4.79 Å². The summed E-state index contributed by atoms with van der Waals surface area (Å²) in [5, 5.41) is 28.8. The van der Waals surface area contributed by atoms with Crippen molar-refractivity contribution in [3.63, 3.8) is 0 Å². The molecule has 0 saturated carbocycles. The molecular weight excluding hydrogens is 174 g/mol. The average molecular weight is 191 g/mol. The van der Waals surface area contributed by atoms with E-state index in [9.17, 15) is 4.79 Å². The lowest BCUT2D eigenvalue weighted by molar-refractivity contribution is -0.127. The molecule has 0 fully saturated rings. The van der Waals surface area contributed by atoms with Gasteiger partial charge in [0.2, 0.25) is 5.91 Å². The summed E-state index contributed by atoms with van der Waals surface area (Å²) in [6.07, 6.45) is -1.66. The summed E-state index contributed by atoms with van der Waals surface area (Å²) in [7, 11) is 0. The number of carbonyl (C=O) groups excluding carboxylic acids is 1. The van der Waals surface area contributed by atoms with Gasteiger partial charge in [0.05, 0.1) is 24.7 Å². The molecule has 78 valence electrons. The molecule has 0 rings (SSSR count). The number of hydrogen-bond donors (Lipinski definition) is 4. The first-order chi connectivity index (χ1) is 5.99. The Morgan fingerprint density at radius 1 is 1.38 bits per heavy atom. The Balaban J connectivity index is 3.74. The van der Waals surface area contributed by atoms with Crippen molar-refractivity contribution in [1.29, 1.82) is 0 Å². The molecule has 0 radical (unpaired) electrons. The van der Waals surface area contributed by atoms with Gasteiger partial charge in [-0.3, -0.25) is 4.79 Å². The summed E-state index contributed by atoms with van der Waals surface area (Å²) in [5.41, 5.74) is 0. The Morgan fingerprint density at radius 3 is 2.31 bits per heavy atom. The topological polar surface area (TPSA) is 89.8 Å². The fourth-order valence-electron chi connectivity index (χ4n) is 0.663. The normalized spacial score (nSPS) is 17.6. The molecule has 0 spiro atoms. The summed E-state index contributed by atoms with van der Waals surface area (Å²) in [4.78, 5) is 11.1. The van der Waals surface area contributed by atoms with Gasteiger partial charge >= 0.3 is 0 Å². The molecule has 13 heavy (non-hydrogen) atoms. The van der Waals surface area contributed by atoms with E-state index in [4.69, 9.17) is 15.3 Å². The minimum Gasteiger partial charge on any atom is -0.394 e. The second-order valence-corrected chi connectivity index (χ2v) is 3.11. The van der Waals surface area contributed by atoms with Crippen LogP contribution in [0.15, 0.2) is 0 Å². The van der Waals surface area contributed by atoms with Gasteiger partial charge in [-0.25, -0.2) is 0 Å². The molecule has 5 nitrogen and oxygen atoms in total. The average Bonchev–Trinajstić information content (AvgIpc) is 2.11. The highest BCUT2D eigenvalue weighted by Crippen LogP contribution is 2.01. The van der Waals surface area contributed by atoms with Crippen LogP contribution in [0.2, 0.25) is 0 Å². The summed E-state index contributed by atoms with van der Waals surface area (Å²) < 4.78 is 0. The molecule has 0 aliphatic heterocycles. The molecule has 5 heteroatoms. The summed E-state index contributed by atoms with van der Waals surface area (Å²) in [6, 6.07) is 0. The fourth-order valence-corrected chi connectivity index (χ4v) is 0.663. The molecule has 0 heterocycles. The molecule has 0 aromatic rings. The second-order valence-electron chi connectivity index (χ2n) is 3.11. The molecule has 3 unspecified atom stereocenters. The van der Waals surface area contributed by atoms with Crippen molar-refractivity contribution in [1.82, 2.24) is 5.32 Å². The Labute approximate surface area is 77.4 Å². The summed E-state index contributed by atoms with van der Waals surface area (Å²) in [6.45, 7) is 2.73. The predicted octanol–water partition coefficient (Wildman–Crippen LogP) is -1.53. The van der Waals surface area contributed by atoms with Crippen molar-refractivity contribution >= 4 is 5.91 Å². The van der Waals surface area contributed by atoms with Crippen molar-refractivity contribution in [2.75, 3.05) is 13.2 Å². The number of amides is 1. The quantitative estimate of drug-likeness (QED) is 0.424. The molecule has 0 aliphatic rings. The van der Waals surface area contributed by atoms with Crippen LogP contribution in [0.3, 0.4) is 0 Å². The van der Waals surface area contributed by atoms with Crippen LogP contribution in [0.5, 0.6) is 0 Å². The van der Waals surface area contributed by atoms with Gasteiger partial charge in [0.15, 0.2) is 0 Å². The lowest BCUT2D eigenvalue weighted by atomic mass is 10.1. The smallest absolute Gasteiger partial charge is 0.225 e. The maximum Gasteiger partial charge on any atom is 0.225 e. The molecule has 0 aliphatic carbocycles. The van der Waals surface area contributed by atoms with E-state index in [0.717, 1.165) is 0 Å². The largest absolute Gasteiger partial charge is 0.394 e. The van der Waals surface area contributed by atoms with Crippen LogP contribution in [0.25, 0.3) is 0 Å². The number of carbonyl (C=O) groups is 1. The lowest BCUT2D eigenvalue weighted by Crippen LogP contribution is -2.39. The van der Waals surface area contributed by atoms with Crippen LogP contribution in [0, 0.1) is 5.92 Å². The third-order valence-corrected chi connectivity index (χ3v) is 1.86. The molecule has 4 N–H and O–H groups in total. The SMILES string of the molecule is CC(O)C(C)C(=O)NCC(O)CO. The fraction of sp³-hybridized carbons (Fsp3) is 0.875. The molecule has 1 amide bonds. The zero-order valence-corrected chi connectivity index (χ0v) is 7.90. The highest BCUT2D eigenvalue weighted by molar-refractivity contribution is 5.78. The molecule has 0 aromatic carbocycles. The van der Waals surface area contributed by atoms with Crippen molar-refractivity contribution < 1.29 is 20.1 Å². The predicted molar refractivity (Wildman–Crippen MR) is 46.9 cm³/mol. The third-order valence-electron chi connectivity index (χ3n) is 1.86. The van der Waals surface area contributed by atoms with Crippen molar-refractivity contribution in [3.05, 3.63) is 0 Å². The Hall–Kier alpha value is -0.650. The molecule has 3 atom stereocenters. The van der Waals surface area contributed by atoms with E-state index in [1.54, 1.807) is 6.92 Å². The van der Waals surface area contributed by atoms with E-state index in [2.05, 4.69) is 5.32 Å². The second kappa shape index (κ2) is 5.90. The van der Waals surface area contributed by atoms with E-state index >= 15 is 0 Å². The lowest BCUT2D eigenvalue weighted by Gasteiger charge is -2.15. The van der Waals surface area contributed by atoms with Gasteiger partial charge in [0.25, 0.3) is 0 Å². The van der Waals surface area contributed by atoms with E-state index < -0.39 is 18.1 Å². The minimum atomic E-state index is -0.940. The van der Waals surface area contributed by atoms with Crippen LogP contribution >= 0.6 is 0 Å². The van der Waals surface area contributed by atoms with Crippen LogP contribution in [-0.4, -0.2) is 46.6 Å². The summed E-state index contributed by atoms with van der Waals surface area (Å²) in [5.74, 6) is -0.839. The van der Waals surface area contributed by atoms with Gasteiger partial charge in [-0.1, -0.05) is 6.92 Å². The maximum absolute atomic E-state index is 11.1. The third kappa shape index (κ3) is 4.82. The van der Waals surface area contributed by atoms with Crippen molar-refractivity contribution in [3.8, 4) is 0 Å². The first kappa shape index (κ1) is 12.3. The van der Waals surface area contributed by atoms with E-state index in [-0.39, 0.29) is 19.1 Å². The molecular formula is C8H17NO4. The minimum absolute atomic E-state index is 0.00634. The number of hydrogen-bond acceptors (Lipinski definition) is 4. The van der Waals surface area contributed by atoms with E-state index in [0.29, 0.717) is 0 Å². The van der Waals surface area contributed by atoms with Gasteiger partial charge in [0, 0.05) is 6.54 Å². The van der Waals surface area contributed by atoms with Crippen LogP contribution in [0.4, 0.5) is 0 Å². The first-order valence-corrected chi connectivity index (χ1v) is 4.23. The number of aliphatic hydroxyl groups is 3. The number of aliphatic hydroxyl groups excluding tert-OH is 3. The zero-order valence-electron chi connectivity index (χ0n) is 7.90. The first-order valence-electron chi connectivity index (χ1n) is 4.23. The number of nitrogens with one attached hydrogen (secondary N) is 1. The number of rotatable bonds is 5. The summed E-state index contributed by atoms with van der Waals surface area (Å²) >= 11 is 0. The standard InChI is InChI=1S/C8H17NO4/c1-5(6(2)11)8(13)9-3-7(12)4-10/h5-7,10-12H,3-4H2,1-2H3,(H,9,13). The highest BCUT2D eigenvalue weighted by Gasteiger charge is 2.18. The van der Waals surface area contributed by atoms with Crippen LogP contribution < -0.4 is 5.32 Å². The Kier molecular flexibility index (Phi) is 5.61. The highest BCUT2D eigenvalue weighted by atomic mass is 16.3. The molecule has 0 bridgehead atoms. The van der Waals surface area contributed by atoms with E-state index in [1.165, 1.54) is 6.92 Å². The Morgan fingerprint density at radius 2 is 1.92 bits per heavy atom. The van der Waals surface area contributed by atoms with E-state index in [1.807, 2.05) is 0 Å². The molecule has 0 aromatic heterocycles. The zero-order chi connectivity index (χ0) is 10.4. The van der Waals surface area contributed by atoms with Gasteiger partial charge in [-0.2, -0.15) is 0 Å². The maximum atomic E-state index is 11.1. The van der Waals surface area contributed by atoms with Crippen LogP contribution in [0.1, 0.15) is 13.8 Å². The van der Waals surface area contributed by atoms with Gasteiger partial charge in [0.1, 0.15) is 0 Å². The van der Waals surface area contributed by atoms with Crippen molar-refractivity contribution in [2.45, 2.75) is 26.1 Å². The van der Waals surface area contributed by atoms with Gasteiger partial charge < -0.3 is 20.6 Å². The van der Waals surface area contributed by atoms with Gasteiger partial charge in [-0.05, 0) is 6.92 Å². The monoisotopic (exact) mass is 191 g/mol. The van der Waals surface area contributed by atoms with Crippen molar-refractivity contribution in [2.24, 2.45) is 5.92 Å². The van der Waals surface area contributed by atoms with Gasteiger partial charge in [-0.15, -0.1) is 0 Å². The molecule has 0 saturated heterocycles.